The van der Waals surface area contributed by atoms with Crippen LogP contribution in [0.1, 0.15) is 51.5 Å². The third kappa shape index (κ3) is 2.35. The molecule has 5 aliphatic rings. The Labute approximate surface area is 189 Å². The summed E-state index contributed by atoms with van der Waals surface area (Å²) in [5.74, 6) is 1.67. The Bertz CT molecular complexity index is 995. The van der Waals surface area contributed by atoms with E-state index >= 15 is 0 Å². The summed E-state index contributed by atoms with van der Waals surface area (Å²) in [6.07, 6.45) is 4.11. The van der Waals surface area contributed by atoms with Crippen LogP contribution in [0.2, 0.25) is 0 Å². The Morgan fingerprint density at radius 3 is 2.91 bits per heavy atom. The Morgan fingerprint density at radius 2 is 2.12 bits per heavy atom. The highest BCUT2D eigenvalue weighted by molar-refractivity contribution is 5.92. The molecule has 1 aromatic carbocycles. The van der Waals surface area contributed by atoms with Crippen LogP contribution in [0.15, 0.2) is 12.1 Å². The number of fused-ring (bicyclic) bond motifs is 1. The molecule has 7 heteroatoms. The van der Waals surface area contributed by atoms with Gasteiger partial charge in [-0.25, -0.2) is 0 Å². The third-order valence-corrected chi connectivity index (χ3v) is 8.99. The monoisotopic (exact) mass is 440 g/mol. The van der Waals surface area contributed by atoms with Crippen molar-refractivity contribution in [1.82, 2.24) is 4.90 Å². The van der Waals surface area contributed by atoms with E-state index in [1.165, 1.54) is 12.5 Å². The molecule has 172 valence electrons. The fourth-order valence-corrected chi connectivity index (χ4v) is 7.98. The second kappa shape index (κ2) is 6.86. The number of nitrogens with zero attached hydrogens (tertiary/aromatic N) is 2. The quantitative estimate of drug-likeness (QED) is 0.667. The standard InChI is InChI=1S/C25H32N2O5/c1-15-14-32-22-18(30-3)6-5-17-21(22)27(15)19-13-20(29)24(9-12-31-16(2)28)7-4-10-26-11-8-25(17,19)23(24)26/h5-6,15,19,23H,4,7-14H2,1-3H3/t15-,19-,23-,24+,25-/m1/s1. The highest BCUT2D eigenvalue weighted by atomic mass is 16.5. The second-order valence-corrected chi connectivity index (χ2v) is 10.3. The van der Waals surface area contributed by atoms with Crippen molar-refractivity contribution >= 4 is 17.4 Å². The van der Waals surface area contributed by atoms with E-state index in [2.05, 4.69) is 22.8 Å². The summed E-state index contributed by atoms with van der Waals surface area (Å²) in [5.41, 5.74) is 1.91. The number of carbonyl (C=O) groups is 2. The molecule has 3 fully saturated rings. The zero-order valence-electron chi connectivity index (χ0n) is 19.2. The summed E-state index contributed by atoms with van der Waals surface area (Å²) in [4.78, 5) is 30.5. The van der Waals surface area contributed by atoms with Crippen LogP contribution < -0.4 is 14.4 Å². The maximum atomic E-state index is 14.0. The lowest BCUT2D eigenvalue weighted by Crippen LogP contribution is -2.69. The maximum absolute atomic E-state index is 14.0. The number of ketones is 1. The van der Waals surface area contributed by atoms with Gasteiger partial charge in [0.05, 0.1) is 25.4 Å². The first-order valence-electron chi connectivity index (χ1n) is 12.0. The van der Waals surface area contributed by atoms with Crippen LogP contribution in [0.25, 0.3) is 0 Å². The topological polar surface area (TPSA) is 68.3 Å². The number of carbonyl (C=O) groups excluding carboxylic acids is 2. The number of hydrogen-bond acceptors (Lipinski definition) is 7. The van der Waals surface area contributed by atoms with Crippen molar-refractivity contribution in [1.29, 1.82) is 0 Å². The number of anilines is 1. The van der Waals surface area contributed by atoms with Crippen molar-refractivity contribution in [3.63, 3.8) is 0 Å². The predicted octanol–water partition coefficient (Wildman–Crippen LogP) is 2.68. The van der Waals surface area contributed by atoms with Gasteiger partial charge in [0.25, 0.3) is 0 Å². The van der Waals surface area contributed by atoms with Gasteiger partial charge in [-0.05, 0) is 57.3 Å². The lowest BCUT2D eigenvalue weighted by molar-refractivity contribution is -0.151. The van der Waals surface area contributed by atoms with Crippen molar-refractivity contribution in [3.05, 3.63) is 17.7 Å². The van der Waals surface area contributed by atoms with Gasteiger partial charge in [0, 0.05) is 36.3 Å². The number of methoxy groups -OCH3 is 1. The summed E-state index contributed by atoms with van der Waals surface area (Å²) >= 11 is 0. The molecule has 0 aromatic heterocycles. The molecule has 0 N–H and O–H groups in total. The molecule has 0 unspecified atom stereocenters. The predicted molar refractivity (Wildman–Crippen MR) is 118 cm³/mol. The molecule has 4 heterocycles. The van der Waals surface area contributed by atoms with Gasteiger partial charge in [0.2, 0.25) is 0 Å². The van der Waals surface area contributed by atoms with Gasteiger partial charge in [-0.1, -0.05) is 6.07 Å². The van der Waals surface area contributed by atoms with Gasteiger partial charge < -0.3 is 19.1 Å². The molecule has 32 heavy (non-hydrogen) atoms. The van der Waals surface area contributed by atoms with E-state index < -0.39 is 5.41 Å². The summed E-state index contributed by atoms with van der Waals surface area (Å²) in [6.45, 7) is 6.60. The molecule has 5 atom stereocenters. The molecule has 1 saturated carbocycles. The molecular weight excluding hydrogens is 408 g/mol. The van der Waals surface area contributed by atoms with Crippen LogP contribution in [-0.4, -0.2) is 68.2 Å². The SMILES string of the molecule is COc1ccc2c3c1OC[C@@H](C)N3[C@@H]1CC(=O)[C@@]3(CCOC(C)=O)CCCN4CC[C@@]21[C@H]43. The minimum atomic E-state index is -0.452. The largest absolute Gasteiger partial charge is 0.493 e. The number of piperidine rings is 1. The van der Waals surface area contributed by atoms with Gasteiger partial charge in [0.15, 0.2) is 11.5 Å². The number of Topliss-reactive ketones (excluding diaryl/α,β-unsaturated/α-hetero) is 1. The van der Waals surface area contributed by atoms with Crippen LogP contribution in [0.3, 0.4) is 0 Å². The van der Waals surface area contributed by atoms with Crippen molar-refractivity contribution in [2.75, 3.05) is 38.3 Å². The lowest BCUT2D eigenvalue weighted by atomic mass is 9.51. The summed E-state index contributed by atoms with van der Waals surface area (Å²) in [6, 6.07) is 4.76. The second-order valence-electron chi connectivity index (χ2n) is 10.3. The Morgan fingerprint density at radius 1 is 1.28 bits per heavy atom. The minimum Gasteiger partial charge on any atom is -0.493 e. The third-order valence-electron chi connectivity index (χ3n) is 8.99. The maximum Gasteiger partial charge on any atom is 0.302 e. The molecule has 7 nitrogen and oxygen atoms in total. The molecular formula is C25H32N2O5. The number of rotatable bonds is 4. The van der Waals surface area contributed by atoms with E-state index in [-0.39, 0.29) is 29.5 Å². The zero-order valence-corrected chi connectivity index (χ0v) is 19.2. The molecule has 6 rings (SSSR count). The van der Waals surface area contributed by atoms with E-state index in [0.717, 1.165) is 49.5 Å². The normalized spacial score (nSPS) is 36.8. The molecule has 4 aliphatic heterocycles. The van der Waals surface area contributed by atoms with Gasteiger partial charge in [-0.2, -0.15) is 0 Å². The van der Waals surface area contributed by atoms with E-state index in [4.69, 9.17) is 14.2 Å². The lowest BCUT2D eigenvalue weighted by Gasteiger charge is -2.58. The van der Waals surface area contributed by atoms with E-state index in [9.17, 15) is 9.59 Å². The van der Waals surface area contributed by atoms with Crippen molar-refractivity contribution in [3.8, 4) is 11.5 Å². The van der Waals surface area contributed by atoms with Crippen molar-refractivity contribution < 1.29 is 23.8 Å². The first-order valence-corrected chi connectivity index (χ1v) is 12.0. The number of esters is 1. The van der Waals surface area contributed by atoms with Crippen molar-refractivity contribution in [2.45, 2.75) is 69.5 Å². The van der Waals surface area contributed by atoms with E-state index in [1.807, 2.05) is 6.07 Å². The molecule has 1 aliphatic carbocycles. The van der Waals surface area contributed by atoms with E-state index in [1.54, 1.807) is 7.11 Å². The smallest absolute Gasteiger partial charge is 0.302 e. The van der Waals surface area contributed by atoms with Gasteiger partial charge in [-0.3, -0.25) is 14.5 Å². The first kappa shape index (κ1) is 20.3. The number of hydrogen-bond donors (Lipinski definition) is 0. The van der Waals surface area contributed by atoms with E-state index in [0.29, 0.717) is 31.8 Å². The van der Waals surface area contributed by atoms with Crippen LogP contribution in [0.5, 0.6) is 11.5 Å². The molecule has 0 amide bonds. The Hall–Kier alpha value is -2.28. The highest BCUT2D eigenvalue weighted by Crippen LogP contribution is 2.67. The van der Waals surface area contributed by atoms with Crippen LogP contribution >= 0.6 is 0 Å². The van der Waals surface area contributed by atoms with Gasteiger partial charge >= 0.3 is 5.97 Å². The average molecular weight is 441 g/mol. The average Bonchev–Trinajstić information content (AvgIpc) is 3.30. The molecule has 1 aromatic rings. The van der Waals surface area contributed by atoms with Crippen LogP contribution in [-0.2, 0) is 19.7 Å². The zero-order chi connectivity index (χ0) is 22.3. The number of ether oxygens (including phenoxy) is 3. The van der Waals surface area contributed by atoms with Crippen molar-refractivity contribution in [2.24, 2.45) is 5.41 Å². The Balaban J connectivity index is 1.53. The van der Waals surface area contributed by atoms with Gasteiger partial charge in [0.1, 0.15) is 12.4 Å². The molecule has 0 radical (unpaired) electrons. The van der Waals surface area contributed by atoms with Crippen LogP contribution in [0.4, 0.5) is 5.69 Å². The minimum absolute atomic E-state index is 0.108. The summed E-state index contributed by atoms with van der Waals surface area (Å²) in [7, 11) is 1.69. The fourth-order valence-electron chi connectivity index (χ4n) is 7.98. The first-order chi connectivity index (χ1) is 15.4. The Kier molecular flexibility index (Phi) is 4.36. The fraction of sp³-hybridized carbons (Fsp3) is 0.680. The van der Waals surface area contributed by atoms with Crippen LogP contribution in [0, 0.1) is 5.41 Å². The summed E-state index contributed by atoms with van der Waals surface area (Å²) in [5, 5.41) is 0. The summed E-state index contributed by atoms with van der Waals surface area (Å²) < 4.78 is 17.2. The van der Waals surface area contributed by atoms with Gasteiger partial charge in [-0.15, -0.1) is 0 Å². The molecule has 1 spiro atoms. The molecule has 2 saturated heterocycles. The number of benzene rings is 1. The highest BCUT2D eigenvalue weighted by Gasteiger charge is 2.71. The molecule has 0 bridgehead atoms.